The van der Waals surface area contributed by atoms with E-state index in [9.17, 15) is 13.2 Å². The fourth-order valence-corrected chi connectivity index (χ4v) is 1.67. The van der Waals surface area contributed by atoms with Gasteiger partial charge in [0.15, 0.2) is 0 Å². The highest BCUT2D eigenvalue weighted by atomic mass is 19.4. The Bertz CT molecular complexity index is 399. The molecule has 0 bridgehead atoms. The molecule has 0 saturated carbocycles. The fraction of sp³-hybridized carbons (Fsp3) is 0.500. The molecular formula is C12H14F3NO. The van der Waals surface area contributed by atoms with Gasteiger partial charge >= 0.3 is 6.18 Å². The van der Waals surface area contributed by atoms with Crippen molar-refractivity contribution in [1.82, 2.24) is 5.32 Å². The lowest BCUT2D eigenvalue weighted by Crippen LogP contribution is -2.58. The van der Waals surface area contributed by atoms with E-state index in [2.05, 4.69) is 5.32 Å². The van der Waals surface area contributed by atoms with Crippen molar-refractivity contribution < 1.29 is 17.9 Å². The van der Waals surface area contributed by atoms with Crippen LogP contribution in [0.25, 0.3) is 0 Å². The van der Waals surface area contributed by atoms with Gasteiger partial charge in [0, 0.05) is 13.1 Å². The number of alkyl halides is 3. The standard InChI is InChI=1S/C12H14F3NO/c1-11(7-16-8-11)17-6-9-3-2-4-10(5-9)12(13,14)15/h2-5,16H,6-8H2,1H3. The molecule has 2 nitrogen and oxygen atoms in total. The summed E-state index contributed by atoms with van der Waals surface area (Å²) >= 11 is 0. The van der Waals surface area contributed by atoms with Gasteiger partial charge in [-0.25, -0.2) is 0 Å². The summed E-state index contributed by atoms with van der Waals surface area (Å²) < 4.78 is 43.0. The van der Waals surface area contributed by atoms with Gasteiger partial charge in [0.2, 0.25) is 0 Å². The third-order valence-corrected chi connectivity index (χ3v) is 2.84. The Kier molecular flexibility index (Phi) is 3.14. The highest BCUT2D eigenvalue weighted by molar-refractivity contribution is 5.25. The second kappa shape index (κ2) is 4.31. The average Bonchev–Trinajstić information content (AvgIpc) is 2.23. The minimum absolute atomic E-state index is 0.210. The van der Waals surface area contributed by atoms with E-state index in [1.165, 1.54) is 6.07 Å². The van der Waals surface area contributed by atoms with Crippen LogP contribution in [0.4, 0.5) is 13.2 Å². The highest BCUT2D eigenvalue weighted by Gasteiger charge is 2.33. The summed E-state index contributed by atoms with van der Waals surface area (Å²) in [4.78, 5) is 0. The van der Waals surface area contributed by atoms with Gasteiger partial charge in [0.05, 0.1) is 17.8 Å². The molecule has 0 amide bonds. The maximum absolute atomic E-state index is 12.5. The molecule has 1 fully saturated rings. The van der Waals surface area contributed by atoms with Crippen molar-refractivity contribution in [1.29, 1.82) is 0 Å². The monoisotopic (exact) mass is 245 g/mol. The van der Waals surface area contributed by atoms with Crippen molar-refractivity contribution in [3.63, 3.8) is 0 Å². The molecule has 0 spiro atoms. The zero-order valence-corrected chi connectivity index (χ0v) is 9.47. The predicted molar refractivity (Wildman–Crippen MR) is 57.5 cm³/mol. The van der Waals surface area contributed by atoms with Gasteiger partial charge in [0.25, 0.3) is 0 Å². The van der Waals surface area contributed by atoms with Gasteiger partial charge in [0.1, 0.15) is 0 Å². The van der Waals surface area contributed by atoms with E-state index in [1.54, 1.807) is 6.07 Å². The van der Waals surface area contributed by atoms with Crippen molar-refractivity contribution in [3.8, 4) is 0 Å². The number of halogens is 3. The third-order valence-electron chi connectivity index (χ3n) is 2.84. The summed E-state index contributed by atoms with van der Waals surface area (Å²) in [7, 11) is 0. The Balaban J connectivity index is 2.01. The molecule has 1 N–H and O–H groups in total. The van der Waals surface area contributed by atoms with Crippen LogP contribution >= 0.6 is 0 Å². The number of nitrogens with one attached hydrogen (secondary N) is 1. The molecule has 0 aliphatic carbocycles. The first kappa shape index (κ1) is 12.4. The summed E-state index contributed by atoms with van der Waals surface area (Å²) in [5, 5.41) is 3.07. The van der Waals surface area contributed by atoms with Crippen LogP contribution in [0.2, 0.25) is 0 Å². The quantitative estimate of drug-likeness (QED) is 0.883. The molecule has 5 heteroatoms. The van der Waals surface area contributed by atoms with Crippen molar-refractivity contribution in [3.05, 3.63) is 35.4 Å². The van der Waals surface area contributed by atoms with Crippen LogP contribution < -0.4 is 5.32 Å². The van der Waals surface area contributed by atoms with Gasteiger partial charge in [-0.3, -0.25) is 0 Å². The lowest BCUT2D eigenvalue weighted by molar-refractivity contribution is -0.137. The van der Waals surface area contributed by atoms with Crippen LogP contribution in [-0.4, -0.2) is 18.7 Å². The van der Waals surface area contributed by atoms with Crippen molar-refractivity contribution in [2.45, 2.75) is 25.3 Å². The topological polar surface area (TPSA) is 21.3 Å². The van der Waals surface area contributed by atoms with Gasteiger partial charge in [-0.05, 0) is 24.6 Å². The van der Waals surface area contributed by atoms with Gasteiger partial charge in [-0.1, -0.05) is 12.1 Å². The Morgan fingerprint density at radius 3 is 2.59 bits per heavy atom. The van der Waals surface area contributed by atoms with E-state index in [1.807, 2.05) is 6.92 Å². The van der Waals surface area contributed by atoms with E-state index in [0.29, 0.717) is 5.56 Å². The first-order chi connectivity index (χ1) is 7.89. The highest BCUT2D eigenvalue weighted by Crippen LogP contribution is 2.30. The molecule has 17 heavy (non-hydrogen) atoms. The van der Waals surface area contributed by atoms with E-state index < -0.39 is 11.7 Å². The van der Waals surface area contributed by atoms with Gasteiger partial charge in [-0.2, -0.15) is 13.2 Å². The molecule has 0 radical (unpaired) electrons. The molecular weight excluding hydrogens is 231 g/mol. The second-order valence-corrected chi connectivity index (χ2v) is 4.54. The van der Waals surface area contributed by atoms with Crippen LogP contribution in [-0.2, 0) is 17.5 Å². The molecule has 1 aromatic rings. The minimum atomic E-state index is -4.29. The Hall–Kier alpha value is -1.07. The van der Waals surface area contributed by atoms with Crippen LogP contribution in [0, 0.1) is 0 Å². The van der Waals surface area contributed by atoms with E-state index >= 15 is 0 Å². The van der Waals surface area contributed by atoms with Crippen LogP contribution in [0.3, 0.4) is 0 Å². The maximum Gasteiger partial charge on any atom is 0.416 e. The summed E-state index contributed by atoms with van der Waals surface area (Å²) in [6.07, 6.45) is -4.29. The zero-order valence-electron chi connectivity index (χ0n) is 9.47. The first-order valence-corrected chi connectivity index (χ1v) is 5.40. The Morgan fingerprint density at radius 1 is 1.35 bits per heavy atom. The summed E-state index contributed by atoms with van der Waals surface area (Å²) in [5.74, 6) is 0. The average molecular weight is 245 g/mol. The predicted octanol–water partition coefficient (Wildman–Crippen LogP) is 2.58. The molecule has 1 aliphatic rings. The number of benzene rings is 1. The molecule has 0 atom stereocenters. The molecule has 1 heterocycles. The SMILES string of the molecule is CC1(OCc2cccc(C(F)(F)F)c2)CNC1. The normalized spacial score (nSPS) is 18.8. The van der Waals surface area contributed by atoms with Crippen LogP contribution in [0.5, 0.6) is 0 Å². The fourth-order valence-electron chi connectivity index (χ4n) is 1.67. The molecule has 1 saturated heterocycles. The van der Waals surface area contributed by atoms with Crippen LogP contribution in [0.15, 0.2) is 24.3 Å². The maximum atomic E-state index is 12.5. The van der Waals surface area contributed by atoms with Crippen molar-refractivity contribution >= 4 is 0 Å². The van der Waals surface area contributed by atoms with Gasteiger partial charge in [-0.15, -0.1) is 0 Å². The Labute approximate surface area is 97.8 Å². The lowest BCUT2D eigenvalue weighted by Gasteiger charge is -2.39. The second-order valence-electron chi connectivity index (χ2n) is 4.54. The lowest BCUT2D eigenvalue weighted by atomic mass is 10.00. The molecule has 94 valence electrons. The number of hydrogen-bond donors (Lipinski definition) is 1. The smallest absolute Gasteiger partial charge is 0.368 e. The summed E-state index contributed by atoms with van der Waals surface area (Å²) in [5.41, 5.74) is -0.322. The van der Waals surface area contributed by atoms with Crippen molar-refractivity contribution in [2.24, 2.45) is 0 Å². The zero-order chi connectivity index (χ0) is 12.5. The molecule has 1 aromatic carbocycles. The molecule has 0 aromatic heterocycles. The van der Waals surface area contributed by atoms with Crippen molar-refractivity contribution in [2.75, 3.05) is 13.1 Å². The first-order valence-electron chi connectivity index (χ1n) is 5.40. The summed E-state index contributed by atoms with van der Waals surface area (Å²) in [6, 6.07) is 5.25. The molecule has 2 rings (SSSR count). The third kappa shape index (κ3) is 2.98. The number of ether oxygens (including phenoxy) is 1. The Morgan fingerprint density at radius 2 is 2.06 bits per heavy atom. The summed E-state index contributed by atoms with van der Waals surface area (Å²) in [6.45, 7) is 3.64. The van der Waals surface area contributed by atoms with E-state index in [4.69, 9.17) is 4.74 Å². The van der Waals surface area contributed by atoms with E-state index in [-0.39, 0.29) is 12.2 Å². The largest absolute Gasteiger partial charge is 0.416 e. The minimum Gasteiger partial charge on any atom is -0.368 e. The van der Waals surface area contributed by atoms with E-state index in [0.717, 1.165) is 25.2 Å². The van der Waals surface area contributed by atoms with Gasteiger partial charge < -0.3 is 10.1 Å². The molecule has 0 unspecified atom stereocenters. The number of hydrogen-bond acceptors (Lipinski definition) is 2. The number of rotatable bonds is 3. The van der Waals surface area contributed by atoms with Crippen LogP contribution in [0.1, 0.15) is 18.1 Å². The molecule has 1 aliphatic heterocycles.